The lowest BCUT2D eigenvalue weighted by Gasteiger charge is -2.36. The molecule has 2 aromatic heterocycles. The van der Waals surface area contributed by atoms with Gasteiger partial charge in [0.2, 0.25) is 5.88 Å². The highest BCUT2D eigenvalue weighted by Gasteiger charge is 2.26. The van der Waals surface area contributed by atoms with Crippen LogP contribution in [0, 0.1) is 5.92 Å². The third-order valence-electron chi connectivity index (χ3n) is 6.08. The van der Waals surface area contributed by atoms with Crippen LogP contribution >= 0.6 is 0 Å². The predicted octanol–water partition coefficient (Wildman–Crippen LogP) is 0.768. The van der Waals surface area contributed by atoms with Gasteiger partial charge >= 0.3 is 5.69 Å². The molecule has 0 unspecified atom stereocenters. The number of carbonyl (C=O) groups excluding carboxylic acids is 1. The van der Waals surface area contributed by atoms with Gasteiger partial charge in [-0.2, -0.15) is 0 Å². The van der Waals surface area contributed by atoms with Crippen molar-refractivity contribution in [3.05, 3.63) is 57.1 Å². The number of anilines is 1. The highest BCUT2D eigenvalue weighted by atomic mass is 16.5. The first kappa shape index (κ1) is 20.2. The van der Waals surface area contributed by atoms with E-state index in [9.17, 15) is 14.4 Å². The lowest BCUT2D eigenvalue weighted by molar-refractivity contribution is 0.0743. The number of fused-ring (bicyclic) bond motifs is 1. The Hall–Kier alpha value is -3.69. The summed E-state index contributed by atoms with van der Waals surface area (Å²) in [7, 11) is 1.35. The number of carbonyl (C=O) groups is 1. The third kappa shape index (κ3) is 3.83. The van der Waals surface area contributed by atoms with Crippen molar-refractivity contribution in [3.8, 4) is 5.88 Å². The van der Waals surface area contributed by atoms with Crippen LogP contribution in [0.15, 0.2) is 40.3 Å². The SMILES string of the molecule is Cn1c(=O)[nH]cc(C(=O)N2CCN(c3ccc4ncnc(OCC5CC5)c4c3)CC2)c1=O. The van der Waals surface area contributed by atoms with Gasteiger partial charge in [-0.25, -0.2) is 14.8 Å². The van der Waals surface area contributed by atoms with Gasteiger partial charge in [-0.1, -0.05) is 0 Å². The molecule has 0 spiro atoms. The molecule has 32 heavy (non-hydrogen) atoms. The van der Waals surface area contributed by atoms with Crippen molar-refractivity contribution in [2.75, 3.05) is 37.7 Å². The number of hydrogen-bond donors (Lipinski definition) is 1. The van der Waals surface area contributed by atoms with E-state index in [0.29, 0.717) is 44.6 Å². The van der Waals surface area contributed by atoms with Crippen molar-refractivity contribution >= 4 is 22.5 Å². The fourth-order valence-electron chi connectivity index (χ4n) is 3.87. The van der Waals surface area contributed by atoms with Gasteiger partial charge in [0.25, 0.3) is 11.5 Å². The summed E-state index contributed by atoms with van der Waals surface area (Å²) in [6.07, 6.45) is 5.15. The molecule has 0 bridgehead atoms. The zero-order valence-electron chi connectivity index (χ0n) is 17.8. The molecule has 0 radical (unpaired) electrons. The molecule has 1 saturated carbocycles. The highest BCUT2D eigenvalue weighted by Crippen LogP contribution is 2.32. The lowest BCUT2D eigenvalue weighted by Crippen LogP contribution is -2.50. The van der Waals surface area contributed by atoms with Crippen LogP contribution in [-0.2, 0) is 7.05 Å². The van der Waals surface area contributed by atoms with E-state index in [4.69, 9.17) is 4.74 Å². The Morgan fingerprint density at radius 2 is 1.94 bits per heavy atom. The first-order valence-corrected chi connectivity index (χ1v) is 10.7. The topological polar surface area (TPSA) is 113 Å². The van der Waals surface area contributed by atoms with Gasteiger partial charge in [0.05, 0.1) is 17.5 Å². The van der Waals surface area contributed by atoms with Gasteiger partial charge in [-0.3, -0.25) is 14.2 Å². The molecule has 5 rings (SSSR count). The minimum Gasteiger partial charge on any atom is -0.477 e. The van der Waals surface area contributed by atoms with E-state index >= 15 is 0 Å². The molecule has 1 amide bonds. The maximum Gasteiger partial charge on any atom is 0.328 e. The highest BCUT2D eigenvalue weighted by molar-refractivity contribution is 5.93. The number of nitrogens with zero attached hydrogens (tertiary/aromatic N) is 5. The van der Waals surface area contributed by atoms with Crippen LogP contribution in [0.5, 0.6) is 5.88 Å². The number of aromatic nitrogens is 4. The van der Waals surface area contributed by atoms with Crippen LogP contribution in [0.25, 0.3) is 10.9 Å². The molecular weight excluding hydrogens is 412 g/mol. The van der Waals surface area contributed by atoms with E-state index in [1.807, 2.05) is 18.2 Å². The minimum absolute atomic E-state index is 0.0270. The molecule has 1 aliphatic heterocycles. The quantitative estimate of drug-likeness (QED) is 0.628. The summed E-state index contributed by atoms with van der Waals surface area (Å²) < 4.78 is 6.84. The Labute approximate surface area is 183 Å². The van der Waals surface area contributed by atoms with E-state index in [1.54, 1.807) is 4.90 Å². The molecule has 3 aromatic rings. The lowest BCUT2D eigenvalue weighted by atomic mass is 10.1. The number of benzene rings is 1. The fourth-order valence-corrected chi connectivity index (χ4v) is 3.87. The van der Waals surface area contributed by atoms with Gasteiger partial charge in [-0.05, 0) is 37.0 Å². The zero-order valence-corrected chi connectivity index (χ0v) is 17.8. The number of amides is 1. The minimum atomic E-state index is -0.588. The van der Waals surface area contributed by atoms with Crippen molar-refractivity contribution in [2.24, 2.45) is 13.0 Å². The van der Waals surface area contributed by atoms with Crippen molar-refractivity contribution in [1.29, 1.82) is 0 Å². The molecule has 2 aliphatic rings. The Kier molecular flexibility index (Phi) is 5.12. The second-order valence-corrected chi connectivity index (χ2v) is 8.29. The Morgan fingerprint density at radius 1 is 1.16 bits per heavy atom. The maximum absolute atomic E-state index is 12.8. The van der Waals surface area contributed by atoms with E-state index in [-0.39, 0.29) is 11.5 Å². The predicted molar refractivity (Wildman–Crippen MR) is 118 cm³/mol. The molecule has 1 aromatic carbocycles. The van der Waals surface area contributed by atoms with Crippen LogP contribution < -0.4 is 20.9 Å². The molecule has 1 N–H and O–H groups in total. The summed E-state index contributed by atoms with van der Waals surface area (Å²) >= 11 is 0. The monoisotopic (exact) mass is 436 g/mol. The molecule has 0 atom stereocenters. The normalized spacial score (nSPS) is 16.4. The van der Waals surface area contributed by atoms with Gasteiger partial charge in [0, 0.05) is 45.1 Å². The summed E-state index contributed by atoms with van der Waals surface area (Å²) in [6.45, 7) is 2.85. The first-order chi connectivity index (χ1) is 15.5. The summed E-state index contributed by atoms with van der Waals surface area (Å²) in [5.41, 5.74) is 0.681. The molecule has 2 fully saturated rings. The average Bonchev–Trinajstić information content (AvgIpc) is 3.65. The van der Waals surface area contributed by atoms with E-state index < -0.39 is 11.2 Å². The van der Waals surface area contributed by atoms with Crippen molar-refractivity contribution in [1.82, 2.24) is 24.4 Å². The molecular formula is C22H24N6O4. The van der Waals surface area contributed by atoms with Crippen LogP contribution in [0.1, 0.15) is 23.2 Å². The van der Waals surface area contributed by atoms with Gasteiger partial charge in [-0.15, -0.1) is 0 Å². The van der Waals surface area contributed by atoms with Crippen molar-refractivity contribution in [3.63, 3.8) is 0 Å². The maximum atomic E-state index is 12.8. The molecule has 10 heteroatoms. The smallest absolute Gasteiger partial charge is 0.328 e. The summed E-state index contributed by atoms with van der Waals surface area (Å²) in [4.78, 5) is 51.6. The third-order valence-corrected chi connectivity index (χ3v) is 6.08. The van der Waals surface area contributed by atoms with Crippen molar-refractivity contribution in [2.45, 2.75) is 12.8 Å². The van der Waals surface area contributed by atoms with E-state index in [0.717, 1.165) is 21.2 Å². The van der Waals surface area contributed by atoms with E-state index in [2.05, 4.69) is 19.9 Å². The van der Waals surface area contributed by atoms with Gasteiger partial charge in [0.15, 0.2) is 0 Å². The number of ether oxygens (including phenoxy) is 1. The average molecular weight is 436 g/mol. The van der Waals surface area contributed by atoms with E-state index in [1.165, 1.54) is 32.4 Å². The number of aromatic amines is 1. The molecule has 1 saturated heterocycles. The fraction of sp³-hybridized carbons (Fsp3) is 0.409. The zero-order chi connectivity index (χ0) is 22.2. The summed E-state index contributed by atoms with van der Waals surface area (Å²) in [5.74, 6) is 0.865. The van der Waals surface area contributed by atoms with Crippen molar-refractivity contribution < 1.29 is 9.53 Å². The molecule has 1 aliphatic carbocycles. The number of rotatable bonds is 5. The van der Waals surface area contributed by atoms with Crippen LogP contribution in [0.4, 0.5) is 5.69 Å². The number of nitrogens with one attached hydrogen (secondary N) is 1. The van der Waals surface area contributed by atoms with Crippen LogP contribution in [0.2, 0.25) is 0 Å². The second kappa shape index (κ2) is 8.10. The number of hydrogen-bond acceptors (Lipinski definition) is 7. The second-order valence-electron chi connectivity index (χ2n) is 8.29. The molecule has 10 nitrogen and oxygen atoms in total. The first-order valence-electron chi connectivity index (χ1n) is 10.7. The standard InChI is InChI=1S/C22H24N6O4/c1-26-20(29)17(11-23-22(26)31)21(30)28-8-6-27(7-9-28)15-4-5-18-16(10-15)19(25-13-24-18)32-12-14-2-3-14/h4-5,10-11,13-14H,2-3,6-9,12H2,1H3,(H,23,31). The molecule has 166 valence electrons. The number of H-pyrrole nitrogens is 1. The summed E-state index contributed by atoms with van der Waals surface area (Å²) in [5, 5.41) is 0.876. The summed E-state index contributed by atoms with van der Waals surface area (Å²) in [6, 6.07) is 6.00. The Balaban J connectivity index is 1.31. The van der Waals surface area contributed by atoms with Gasteiger partial charge in [0.1, 0.15) is 11.9 Å². The number of piperazine rings is 1. The Morgan fingerprint density at radius 3 is 2.69 bits per heavy atom. The van der Waals surface area contributed by atoms with Crippen LogP contribution in [-0.4, -0.2) is 63.1 Å². The van der Waals surface area contributed by atoms with Crippen LogP contribution in [0.3, 0.4) is 0 Å². The van der Waals surface area contributed by atoms with Gasteiger partial charge < -0.3 is 19.5 Å². The largest absolute Gasteiger partial charge is 0.477 e. The Bertz CT molecular complexity index is 1290. The molecule has 3 heterocycles.